The van der Waals surface area contributed by atoms with Crippen LogP contribution in [0.5, 0.6) is 0 Å². The summed E-state index contributed by atoms with van der Waals surface area (Å²) < 4.78 is 0. The third kappa shape index (κ3) is 2.36. The van der Waals surface area contributed by atoms with Crippen molar-refractivity contribution in [1.82, 2.24) is 15.0 Å². The lowest BCUT2D eigenvalue weighted by atomic mass is 10.1. The molecular weight excluding hydrogens is 252 g/mol. The van der Waals surface area contributed by atoms with Crippen molar-refractivity contribution in [2.24, 2.45) is 0 Å². The fourth-order valence-corrected chi connectivity index (χ4v) is 2.61. The first-order valence-electron chi connectivity index (χ1n) is 6.84. The van der Waals surface area contributed by atoms with E-state index in [0.29, 0.717) is 5.82 Å². The van der Waals surface area contributed by atoms with E-state index in [9.17, 15) is 0 Å². The Labute approximate surface area is 117 Å². The number of nitrogens with zero attached hydrogens (tertiary/aromatic N) is 4. The van der Waals surface area contributed by atoms with Crippen LogP contribution in [-0.2, 0) is 0 Å². The van der Waals surface area contributed by atoms with E-state index in [-0.39, 0.29) is 5.95 Å². The van der Waals surface area contributed by atoms with Crippen LogP contribution in [0.1, 0.15) is 19.3 Å². The second-order valence-corrected chi connectivity index (χ2v) is 4.96. The number of piperidine rings is 1. The minimum atomic E-state index is 0.218. The molecule has 0 radical (unpaired) electrons. The highest BCUT2D eigenvalue weighted by Crippen LogP contribution is 2.34. The normalized spacial score (nSPS) is 15.3. The molecule has 4 N–H and O–H groups in total. The third-order valence-corrected chi connectivity index (χ3v) is 3.54. The minimum absolute atomic E-state index is 0.218. The van der Waals surface area contributed by atoms with E-state index in [0.717, 1.165) is 42.9 Å². The molecule has 0 bridgehead atoms. The summed E-state index contributed by atoms with van der Waals surface area (Å²) in [4.78, 5) is 14.9. The van der Waals surface area contributed by atoms with Gasteiger partial charge in [0, 0.05) is 31.0 Å². The molecule has 3 heterocycles. The summed E-state index contributed by atoms with van der Waals surface area (Å²) in [5.74, 6) is 1.45. The van der Waals surface area contributed by atoms with E-state index in [2.05, 4.69) is 19.9 Å². The highest BCUT2D eigenvalue weighted by Gasteiger charge is 2.20. The van der Waals surface area contributed by atoms with Crippen molar-refractivity contribution >= 4 is 17.6 Å². The van der Waals surface area contributed by atoms with Crippen LogP contribution in [0.4, 0.5) is 17.6 Å². The van der Waals surface area contributed by atoms with Crippen molar-refractivity contribution in [1.29, 1.82) is 0 Å². The molecule has 1 aliphatic heterocycles. The van der Waals surface area contributed by atoms with Crippen LogP contribution in [0.2, 0.25) is 0 Å². The average molecular weight is 270 g/mol. The van der Waals surface area contributed by atoms with Gasteiger partial charge in [0.05, 0.1) is 5.56 Å². The van der Waals surface area contributed by atoms with Crippen molar-refractivity contribution < 1.29 is 0 Å². The van der Waals surface area contributed by atoms with Crippen LogP contribution in [0.25, 0.3) is 11.1 Å². The average Bonchev–Trinajstić information content (AvgIpc) is 2.48. The Morgan fingerprint density at radius 3 is 2.55 bits per heavy atom. The van der Waals surface area contributed by atoms with E-state index in [1.165, 1.54) is 6.42 Å². The molecule has 0 unspecified atom stereocenters. The Morgan fingerprint density at radius 1 is 1.05 bits per heavy atom. The van der Waals surface area contributed by atoms with Crippen LogP contribution >= 0.6 is 0 Å². The molecule has 1 saturated heterocycles. The lowest BCUT2D eigenvalue weighted by Gasteiger charge is -2.29. The number of anilines is 3. The molecule has 0 saturated carbocycles. The predicted octanol–water partition coefficient (Wildman–Crippen LogP) is 1.69. The molecule has 6 heteroatoms. The smallest absolute Gasteiger partial charge is 0.223 e. The van der Waals surface area contributed by atoms with Crippen LogP contribution in [0, 0.1) is 0 Å². The van der Waals surface area contributed by atoms with E-state index in [4.69, 9.17) is 11.5 Å². The zero-order valence-corrected chi connectivity index (χ0v) is 11.3. The lowest BCUT2D eigenvalue weighted by Crippen LogP contribution is -2.31. The summed E-state index contributed by atoms with van der Waals surface area (Å²) in [7, 11) is 0. The maximum Gasteiger partial charge on any atom is 0.223 e. The zero-order valence-electron chi connectivity index (χ0n) is 11.3. The molecule has 0 atom stereocenters. The van der Waals surface area contributed by atoms with Crippen LogP contribution in [0.3, 0.4) is 0 Å². The zero-order chi connectivity index (χ0) is 13.9. The molecule has 0 aliphatic carbocycles. The summed E-state index contributed by atoms with van der Waals surface area (Å²) >= 11 is 0. The lowest BCUT2D eigenvalue weighted by molar-refractivity contribution is 0.574. The van der Waals surface area contributed by atoms with Gasteiger partial charge in [-0.1, -0.05) is 6.07 Å². The second-order valence-electron chi connectivity index (χ2n) is 4.96. The summed E-state index contributed by atoms with van der Waals surface area (Å²) in [5.41, 5.74) is 13.6. The summed E-state index contributed by atoms with van der Waals surface area (Å²) in [6.45, 7) is 1.95. The van der Waals surface area contributed by atoms with Gasteiger partial charge in [0.25, 0.3) is 0 Å². The van der Waals surface area contributed by atoms with Gasteiger partial charge in [-0.15, -0.1) is 0 Å². The van der Waals surface area contributed by atoms with E-state index < -0.39 is 0 Å². The van der Waals surface area contributed by atoms with Gasteiger partial charge >= 0.3 is 0 Å². The number of pyridine rings is 1. The third-order valence-electron chi connectivity index (χ3n) is 3.54. The van der Waals surface area contributed by atoms with Gasteiger partial charge < -0.3 is 16.4 Å². The van der Waals surface area contributed by atoms with Crippen molar-refractivity contribution in [2.45, 2.75) is 19.3 Å². The van der Waals surface area contributed by atoms with Gasteiger partial charge in [-0.05, 0) is 25.3 Å². The molecule has 0 spiro atoms. The van der Waals surface area contributed by atoms with Gasteiger partial charge in [0.15, 0.2) is 0 Å². The van der Waals surface area contributed by atoms with Crippen LogP contribution < -0.4 is 16.4 Å². The van der Waals surface area contributed by atoms with Crippen molar-refractivity contribution in [3.63, 3.8) is 0 Å². The predicted molar refractivity (Wildman–Crippen MR) is 80.2 cm³/mol. The Balaban J connectivity index is 2.12. The molecule has 2 aromatic rings. The maximum atomic E-state index is 6.08. The van der Waals surface area contributed by atoms with Crippen molar-refractivity contribution in [3.8, 4) is 11.1 Å². The molecule has 1 fully saturated rings. The van der Waals surface area contributed by atoms with Gasteiger partial charge in [-0.25, -0.2) is 0 Å². The fraction of sp³-hybridized carbons (Fsp3) is 0.357. The van der Waals surface area contributed by atoms with Crippen molar-refractivity contribution in [3.05, 3.63) is 24.5 Å². The molecule has 6 nitrogen and oxygen atoms in total. The number of hydrogen-bond donors (Lipinski definition) is 2. The Kier molecular flexibility index (Phi) is 3.37. The Hall–Kier alpha value is -2.37. The molecule has 104 valence electrons. The monoisotopic (exact) mass is 270 g/mol. The standard InChI is InChI=1S/C14H18N6/c15-12-11(10-5-4-6-17-9-10)13(19-14(16)18-12)20-7-2-1-3-8-20/h4-6,9H,1-3,7-8H2,(H4,15,16,18,19). The summed E-state index contributed by atoms with van der Waals surface area (Å²) in [6.07, 6.45) is 7.10. The van der Waals surface area contributed by atoms with Gasteiger partial charge in [-0.3, -0.25) is 4.98 Å². The van der Waals surface area contributed by atoms with Crippen LogP contribution in [0.15, 0.2) is 24.5 Å². The minimum Gasteiger partial charge on any atom is -0.383 e. The number of hydrogen-bond acceptors (Lipinski definition) is 6. The molecule has 20 heavy (non-hydrogen) atoms. The van der Waals surface area contributed by atoms with Gasteiger partial charge in [0.2, 0.25) is 5.95 Å². The number of nitrogens with two attached hydrogens (primary N) is 2. The molecule has 0 aromatic carbocycles. The fourth-order valence-electron chi connectivity index (χ4n) is 2.61. The summed E-state index contributed by atoms with van der Waals surface area (Å²) in [5, 5.41) is 0. The number of rotatable bonds is 2. The van der Waals surface area contributed by atoms with E-state index in [1.54, 1.807) is 12.4 Å². The molecule has 0 amide bonds. The molecular formula is C14H18N6. The Morgan fingerprint density at radius 2 is 1.85 bits per heavy atom. The Bertz CT molecular complexity index is 592. The van der Waals surface area contributed by atoms with E-state index in [1.807, 2.05) is 12.1 Å². The molecule has 3 rings (SSSR count). The second kappa shape index (κ2) is 5.32. The topological polar surface area (TPSA) is 93.9 Å². The van der Waals surface area contributed by atoms with E-state index >= 15 is 0 Å². The first-order chi connectivity index (χ1) is 9.75. The largest absolute Gasteiger partial charge is 0.383 e. The SMILES string of the molecule is Nc1nc(N)c(-c2cccnc2)c(N2CCCCC2)n1. The number of aromatic nitrogens is 3. The highest BCUT2D eigenvalue weighted by molar-refractivity contribution is 5.84. The van der Waals surface area contributed by atoms with Gasteiger partial charge in [0.1, 0.15) is 11.6 Å². The van der Waals surface area contributed by atoms with Gasteiger partial charge in [-0.2, -0.15) is 9.97 Å². The van der Waals surface area contributed by atoms with Crippen LogP contribution in [-0.4, -0.2) is 28.0 Å². The molecule has 1 aliphatic rings. The maximum absolute atomic E-state index is 6.08. The first-order valence-corrected chi connectivity index (χ1v) is 6.84. The summed E-state index contributed by atoms with van der Waals surface area (Å²) in [6, 6.07) is 3.84. The number of nitrogen functional groups attached to an aromatic ring is 2. The molecule has 2 aromatic heterocycles. The highest BCUT2D eigenvalue weighted by atomic mass is 15.2. The first kappa shape index (κ1) is 12.7. The quantitative estimate of drug-likeness (QED) is 0.862. The van der Waals surface area contributed by atoms with Crippen molar-refractivity contribution in [2.75, 3.05) is 29.5 Å².